The van der Waals surface area contributed by atoms with E-state index in [1.807, 2.05) is 0 Å². The fraction of sp³-hybridized carbons (Fsp3) is 0.412. The third-order valence-electron chi connectivity index (χ3n) is 4.41. The lowest BCUT2D eigenvalue weighted by molar-refractivity contribution is -0.151. The number of carbonyl (C=O) groups excluding carboxylic acids is 4. The van der Waals surface area contributed by atoms with Gasteiger partial charge in [0.05, 0.1) is 11.8 Å². The van der Waals surface area contributed by atoms with Crippen molar-refractivity contribution >= 4 is 45.7 Å². The summed E-state index contributed by atoms with van der Waals surface area (Å²) in [6.07, 6.45) is 0. The van der Waals surface area contributed by atoms with Crippen molar-refractivity contribution in [1.29, 1.82) is 0 Å². The van der Waals surface area contributed by atoms with E-state index in [1.165, 1.54) is 18.2 Å². The average Bonchev–Trinajstić information content (AvgIpc) is 2.55. The Hall–Kier alpha value is -1.52. The fourth-order valence-corrected chi connectivity index (χ4v) is 3.86. The third kappa shape index (κ3) is 3.56. The molecule has 0 saturated carbocycles. The highest BCUT2D eigenvalue weighted by atomic mass is 127. The number of Topliss-reactive ketones (excluding diaryl/α,β-unsaturated/α-hetero) is 4. The quantitative estimate of drug-likeness (QED) is 0.496. The molecule has 2 aliphatic heterocycles. The van der Waals surface area contributed by atoms with Gasteiger partial charge in [-0.05, 0) is 40.3 Å². The molecule has 2 heterocycles. The maximum atomic E-state index is 13.6. The van der Waals surface area contributed by atoms with Crippen LogP contribution in [0.15, 0.2) is 18.2 Å². The molecule has 132 valence electrons. The second-order valence-corrected chi connectivity index (χ2v) is 7.17. The van der Waals surface area contributed by atoms with Gasteiger partial charge in [0.15, 0.2) is 23.1 Å². The van der Waals surface area contributed by atoms with Crippen LogP contribution < -0.4 is 0 Å². The van der Waals surface area contributed by atoms with Crippen LogP contribution in [0.5, 0.6) is 0 Å². The molecule has 8 heteroatoms. The van der Waals surface area contributed by atoms with Gasteiger partial charge in [0.2, 0.25) is 0 Å². The van der Waals surface area contributed by atoms with Crippen LogP contribution in [0.3, 0.4) is 0 Å². The summed E-state index contributed by atoms with van der Waals surface area (Å²) in [6, 6.07) is 4.08. The predicted octanol–water partition coefficient (Wildman–Crippen LogP) is 1.08. The van der Waals surface area contributed by atoms with Gasteiger partial charge >= 0.3 is 0 Å². The maximum Gasteiger partial charge on any atom is 0.169 e. The van der Waals surface area contributed by atoms with Crippen LogP contribution >= 0.6 is 22.6 Å². The lowest BCUT2D eigenvalue weighted by Crippen LogP contribution is -2.48. The second-order valence-electron chi connectivity index (χ2n) is 6.01. The van der Waals surface area contributed by atoms with Gasteiger partial charge in [-0.1, -0.05) is 6.07 Å². The summed E-state index contributed by atoms with van der Waals surface area (Å²) in [6.45, 7) is -1.01. The van der Waals surface area contributed by atoms with Crippen molar-refractivity contribution < 1.29 is 33.0 Å². The first-order chi connectivity index (χ1) is 11.9. The van der Waals surface area contributed by atoms with Gasteiger partial charge < -0.3 is 9.47 Å². The minimum atomic E-state index is -1.16. The number of hydrogen-bond donors (Lipinski definition) is 0. The Labute approximate surface area is 156 Å². The highest BCUT2D eigenvalue weighted by Crippen LogP contribution is 2.38. The highest BCUT2D eigenvalue weighted by Gasteiger charge is 2.48. The van der Waals surface area contributed by atoms with E-state index in [2.05, 4.69) is 0 Å². The SMILES string of the molecule is O=C1COCC(=O)C1C(c1ccc(F)c(I)c1)C1C(=O)COCC1=O. The smallest absolute Gasteiger partial charge is 0.169 e. The molecule has 1 aromatic rings. The Morgan fingerprint density at radius 1 is 0.880 bits per heavy atom. The predicted molar refractivity (Wildman–Crippen MR) is 90.5 cm³/mol. The summed E-state index contributed by atoms with van der Waals surface area (Å²) in [5, 5.41) is 0. The van der Waals surface area contributed by atoms with E-state index in [4.69, 9.17) is 9.47 Å². The van der Waals surface area contributed by atoms with Crippen LogP contribution in [-0.2, 0) is 28.7 Å². The van der Waals surface area contributed by atoms with Crippen LogP contribution in [0.2, 0.25) is 0 Å². The summed E-state index contributed by atoms with van der Waals surface area (Å²) in [5.41, 5.74) is 0.410. The third-order valence-corrected chi connectivity index (χ3v) is 5.24. The Bertz CT molecular complexity index is 692. The zero-order chi connectivity index (χ0) is 18.1. The monoisotopic (exact) mass is 460 g/mol. The van der Waals surface area contributed by atoms with Gasteiger partial charge in [0.25, 0.3) is 0 Å². The molecule has 0 atom stereocenters. The molecule has 0 aliphatic carbocycles. The van der Waals surface area contributed by atoms with Crippen molar-refractivity contribution in [2.24, 2.45) is 11.8 Å². The van der Waals surface area contributed by atoms with Gasteiger partial charge in [-0.2, -0.15) is 0 Å². The lowest BCUT2D eigenvalue weighted by Gasteiger charge is -2.34. The molecule has 0 unspecified atom stereocenters. The largest absolute Gasteiger partial charge is 0.366 e. The normalized spacial score (nSPS) is 20.6. The first kappa shape index (κ1) is 18.3. The van der Waals surface area contributed by atoms with E-state index < -0.39 is 46.7 Å². The number of ether oxygens (including phenoxy) is 2. The summed E-state index contributed by atoms with van der Waals surface area (Å²) in [4.78, 5) is 49.4. The molecule has 2 aliphatic rings. The molecular weight excluding hydrogens is 446 g/mol. The van der Waals surface area contributed by atoms with Crippen LogP contribution in [0.4, 0.5) is 4.39 Å². The van der Waals surface area contributed by atoms with E-state index in [1.54, 1.807) is 22.6 Å². The zero-order valence-corrected chi connectivity index (χ0v) is 15.2. The minimum absolute atomic E-state index is 0.253. The van der Waals surface area contributed by atoms with Crippen LogP contribution in [-0.4, -0.2) is 49.6 Å². The van der Waals surface area contributed by atoms with Crippen molar-refractivity contribution in [1.82, 2.24) is 0 Å². The fourth-order valence-electron chi connectivity index (χ4n) is 3.32. The van der Waals surface area contributed by atoms with Crippen molar-refractivity contribution in [3.63, 3.8) is 0 Å². The van der Waals surface area contributed by atoms with Crippen LogP contribution in [0.25, 0.3) is 0 Å². The zero-order valence-electron chi connectivity index (χ0n) is 13.0. The molecule has 0 spiro atoms. The van der Waals surface area contributed by atoms with Crippen molar-refractivity contribution in [2.75, 3.05) is 26.4 Å². The van der Waals surface area contributed by atoms with E-state index in [-0.39, 0.29) is 30.0 Å². The molecule has 0 bridgehead atoms. The highest BCUT2D eigenvalue weighted by molar-refractivity contribution is 14.1. The van der Waals surface area contributed by atoms with Gasteiger partial charge in [-0.25, -0.2) is 4.39 Å². The molecule has 0 radical (unpaired) electrons. The molecular formula is C17H14FIO6. The molecule has 1 aromatic carbocycles. The standard InChI is InChI=1S/C17H14FIO6/c18-9-2-1-8(3-10(9)19)15(16-11(20)4-24-5-12(16)21)17-13(22)6-25-7-14(17)23/h1-3,15-17H,4-7H2. The van der Waals surface area contributed by atoms with Crippen LogP contribution in [0, 0.1) is 21.2 Å². The second kappa shape index (κ2) is 7.38. The number of rotatable bonds is 3. The maximum absolute atomic E-state index is 13.6. The Morgan fingerprint density at radius 2 is 1.32 bits per heavy atom. The Kier molecular flexibility index (Phi) is 5.40. The van der Waals surface area contributed by atoms with Gasteiger partial charge in [0.1, 0.15) is 32.2 Å². The lowest BCUT2D eigenvalue weighted by atomic mass is 9.69. The molecule has 0 aromatic heterocycles. The first-order valence-corrected chi connectivity index (χ1v) is 8.69. The van der Waals surface area contributed by atoms with Crippen molar-refractivity contribution in [2.45, 2.75) is 5.92 Å². The molecule has 0 amide bonds. The Balaban J connectivity index is 2.11. The minimum Gasteiger partial charge on any atom is -0.366 e. The molecule has 3 rings (SSSR count). The topological polar surface area (TPSA) is 86.7 Å². The number of carbonyl (C=O) groups is 4. The summed E-state index contributed by atoms with van der Waals surface area (Å²) in [7, 11) is 0. The van der Waals surface area contributed by atoms with Gasteiger partial charge in [-0.3, -0.25) is 19.2 Å². The molecule has 0 N–H and O–H groups in total. The number of benzene rings is 1. The van der Waals surface area contributed by atoms with Gasteiger partial charge in [-0.15, -0.1) is 0 Å². The summed E-state index contributed by atoms with van der Waals surface area (Å²) >= 11 is 1.78. The van der Waals surface area contributed by atoms with Crippen molar-refractivity contribution in [3.8, 4) is 0 Å². The molecule has 2 fully saturated rings. The number of hydrogen-bond acceptors (Lipinski definition) is 6. The molecule has 6 nitrogen and oxygen atoms in total. The number of ketones is 4. The summed E-state index contributed by atoms with van der Waals surface area (Å²) in [5.74, 6) is -5.67. The summed E-state index contributed by atoms with van der Waals surface area (Å²) < 4.78 is 23.8. The average molecular weight is 460 g/mol. The van der Waals surface area contributed by atoms with E-state index >= 15 is 0 Å². The Morgan fingerprint density at radius 3 is 1.72 bits per heavy atom. The van der Waals surface area contributed by atoms with E-state index in [0.29, 0.717) is 5.56 Å². The van der Waals surface area contributed by atoms with Gasteiger partial charge in [0, 0.05) is 9.49 Å². The first-order valence-electron chi connectivity index (χ1n) is 7.61. The van der Waals surface area contributed by atoms with E-state index in [9.17, 15) is 23.6 Å². The molecule has 25 heavy (non-hydrogen) atoms. The molecule has 2 saturated heterocycles. The number of halogens is 2. The van der Waals surface area contributed by atoms with Crippen LogP contribution in [0.1, 0.15) is 11.5 Å². The van der Waals surface area contributed by atoms with Crippen molar-refractivity contribution in [3.05, 3.63) is 33.1 Å². The van der Waals surface area contributed by atoms with E-state index in [0.717, 1.165) is 0 Å².